The Hall–Kier alpha value is -1.62. The zero-order valence-corrected chi connectivity index (χ0v) is 13.7. The monoisotopic (exact) mass is 358 g/mol. The third kappa shape index (κ3) is 5.30. The maximum Gasteiger partial charge on any atom is 0.319 e. The lowest BCUT2D eigenvalue weighted by molar-refractivity contribution is 0.247. The zero-order chi connectivity index (χ0) is 15.9. The predicted octanol–water partition coefficient (Wildman–Crippen LogP) is 4.85. The summed E-state index contributed by atoms with van der Waals surface area (Å²) in [5.74, 6) is 0.687. The van der Waals surface area contributed by atoms with E-state index in [1.54, 1.807) is 42.5 Å². The first-order chi connectivity index (χ1) is 10.5. The molecule has 0 atom stereocenters. The molecule has 0 saturated heterocycles. The van der Waals surface area contributed by atoms with Crippen molar-refractivity contribution in [1.29, 1.82) is 0 Å². The van der Waals surface area contributed by atoms with Crippen molar-refractivity contribution in [3.63, 3.8) is 0 Å². The molecule has 0 aliphatic rings. The first kappa shape index (κ1) is 16.7. The molecule has 2 aromatic carbocycles. The van der Waals surface area contributed by atoms with E-state index in [1.165, 1.54) is 0 Å². The maximum absolute atomic E-state index is 11.7. The number of amides is 2. The molecule has 0 aliphatic carbocycles. The standard InChI is InChI=1S/C15H13Cl3N2O2/c16-10-1-4-12(5-2-10)22-8-7-19-15(21)20-14-6-3-11(17)9-13(14)18/h1-6,9H,7-8H2,(H2,19,20,21). The molecule has 0 heterocycles. The van der Waals surface area contributed by atoms with Crippen molar-refractivity contribution in [3.05, 3.63) is 57.5 Å². The van der Waals surface area contributed by atoms with E-state index in [2.05, 4.69) is 10.6 Å². The number of hydrogen-bond acceptors (Lipinski definition) is 2. The van der Waals surface area contributed by atoms with Gasteiger partial charge in [0.2, 0.25) is 0 Å². The van der Waals surface area contributed by atoms with Crippen LogP contribution >= 0.6 is 34.8 Å². The van der Waals surface area contributed by atoms with Crippen LogP contribution in [0, 0.1) is 0 Å². The molecule has 0 unspecified atom stereocenters. The molecule has 2 rings (SSSR count). The van der Waals surface area contributed by atoms with Crippen LogP contribution in [-0.4, -0.2) is 19.2 Å². The van der Waals surface area contributed by atoms with Crippen LogP contribution in [0.2, 0.25) is 15.1 Å². The SMILES string of the molecule is O=C(NCCOc1ccc(Cl)cc1)Nc1ccc(Cl)cc1Cl. The normalized spacial score (nSPS) is 10.1. The lowest BCUT2D eigenvalue weighted by Gasteiger charge is -2.10. The Labute approximate surface area is 143 Å². The van der Waals surface area contributed by atoms with Gasteiger partial charge in [-0.1, -0.05) is 34.8 Å². The van der Waals surface area contributed by atoms with E-state index in [0.717, 1.165) is 0 Å². The van der Waals surface area contributed by atoms with E-state index in [4.69, 9.17) is 39.5 Å². The van der Waals surface area contributed by atoms with E-state index in [9.17, 15) is 4.79 Å². The number of rotatable bonds is 5. The number of halogens is 3. The molecule has 0 spiro atoms. The van der Waals surface area contributed by atoms with E-state index in [0.29, 0.717) is 39.7 Å². The highest BCUT2D eigenvalue weighted by atomic mass is 35.5. The van der Waals surface area contributed by atoms with E-state index in [1.807, 2.05) is 0 Å². The molecule has 0 fully saturated rings. The van der Waals surface area contributed by atoms with Crippen LogP contribution in [-0.2, 0) is 0 Å². The summed E-state index contributed by atoms with van der Waals surface area (Å²) in [5.41, 5.74) is 0.488. The van der Waals surface area contributed by atoms with Gasteiger partial charge >= 0.3 is 6.03 Å². The minimum atomic E-state index is -0.371. The van der Waals surface area contributed by atoms with Crippen LogP contribution in [0.3, 0.4) is 0 Å². The van der Waals surface area contributed by atoms with Crippen LogP contribution in [0.4, 0.5) is 10.5 Å². The van der Waals surface area contributed by atoms with Gasteiger partial charge < -0.3 is 15.4 Å². The number of carbonyl (C=O) groups excluding carboxylic acids is 1. The number of benzene rings is 2. The fourth-order valence-corrected chi connectivity index (χ4v) is 2.20. The van der Waals surface area contributed by atoms with Gasteiger partial charge in [0.1, 0.15) is 12.4 Å². The quantitative estimate of drug-likeness (QED) is 0.750. The molecule has 2 amide bonds. The minimum Gasteiger partial charge on any atom is -0.492 e. The summed E-state index contributed by atoms with van der Waals surface area (Å²) < 4.78 is 5.46. The molecule has 0 bridgehead atoms. The van der Waals surface area contributed by atoms with Crippen molar-refractivity contribution in [2.24, 2.45) is 0 Å². The maximum atomic E-state index is 11.7. The number of urea groups is 1. The minimum absolute atomic E-state index is 0.337. The summed E-state index contributed by atoms with van der Waals surface area (Å²) in [6.07, 6.45) is 0. The molecular weight excluding hydrogens is 347 g/mol. The molecule has 2 N–H and O–H groups in total. The summed E-state index contributed by atoms with van der Waals surface area (Å²) in [5, 5.41) is 6.82. The Balaban J connectivity index is 1.72. The number of hydrogen-bond donors (Lipinski definition) is 2. The van der Waals surface area contributed by atoms with Gasteiger partial charge in [-0.05, 0) is 42.5 Å². The summed E-state index contributed by atoms with van der Waals surface area (Å²) in [6, 6.07) is 11.5. The summed E-state index contributed by atoms with van der Waals surface area (Å²) >= 11 is 17.5. The summed E-state index contributed by atoms with van der Waals surface area (Å²) in [4.78, 5) is 11.7. The number of nitrogens with one attached hydrogen (secondary N) is 2. The van der Waals surface area contributed by atoms with Crippen LogP contribution in [0.25, 0.3) is 0 Å². The molecule has 2 aromatic rings. The van der Waals surface area contributed by atoms with Crippen molar-refractivity contribution in [3.8, 4) is 5.75 Å². The molecule has 22 heavy (non-hydrogen) atoms. The molecule has 4 nitrogen and oxygen atoms in total. The first-order valence-corrected chi connectivity index (χ1v) is 7.56. The van der Waals surface area contributed by atoms with E-state index >= 15 is 0 Å². The number of anilines is 1. The smallest absolute Gasteiger partial charge is 0.319 e. The fraction of sp³-hybridized carbons (Fsp3) is 0.133. The second-order valence-corrected chi connectivity index (χ2v) is 5.59. The Morgan fingerprint density at radius 1 is 1.00 bits per heavy atom. The van der Waals surface area contributed by atoms with Crippen LogP contribution in [0.15, 0.2) is 42.5 Å². The third-order valence-corrected chi connectivity index (χ3v) is 3.45. The van der Waals surface area contributed by atoms with Gasteiger partial charge in [-0.3, -0.25) is 0 Å². The molecule has 0 aliphatic heterocycles. The zero-order valence-electron chi connectivity index (χ0n) is 11.4. The van der Waals surface area contributed by atoms with Crippen molar-refractivity contribution in [1.82, 2.24) is 5.32 Å². The average molecular weight is 360 g/mol. The fourth-order valence-electron chi connectivity index (χ4n) is 1.62. The topological polar surface area (TPSA) is 50.4 Å². The molecular formula is C15H13Cl3N2O2. The summed E-state index contributed by atoms with van der Waals surface area (Å²) in [7, 11) is 0. The van der Waals surface area contributed by atoms with Gasteiger partial charge in [0.15, 0.2) is 0 Å². The second kappa shape index (κ2) is 8.13. The lowest BCUT2D eigenvalue weighted by atomic mass is 10.3. The van der Waals surface area contributed by atoms with Gasteiger partial charge in [-0.15, -0.1) is 0 Å². The molecule has 0 aromatic heterocycles. The Kier molecular flexibility index (Phi) is 6.19. The Bertz CT molecular complexity index is 648. The predicted molar refractivity (Wildman–Crippen MR) is 90.4 cm³/mol. The van der Waals surface area contributed by atoms with Crippen LogP contribution in [0.1, 0.15) is 0 Å². The molecule has 116 valence electrons. The van der Waals surface area contributed by atoms with Gasteiger partial charge in [0.05, 0.1) is 17.3 Å². The van der Waals surface area contributed by atoms with E-state index < -0.39 is 0 Å². The largest absolute Gasteiger partial charge is 0.492 e. The molecule has 0 radical (unpaired) electrons. The van der Waals surface area contributed by atoms with Crippen molar-refractivity contribution >= 4 is 46.5 Å². The van der Waals surface area contributed by atoms with Gasteiger partial charge in [0.25, 0.3) is 0 Å². The van der Waals surface area contributed by atoms with Crippen molar-refractivity contribution in [2.45, 2.75) is 0 Å². The van der Waals surface area contributed by atoms with Gasteiger partial charge in [0, 0.05) is 10.0 Å². The molecule has 0 saturated carbocycles. The van der Waals surface area contributed by atoms with E-state index in [-0.39, 0.29) is 6.03 Å². The van der Waals surface area contributed by atoms with Gasteiger partial charge in [-0.25, -0.2) is 4.79 Å². The highest BCUT2D eigenvalue weighted by Gasteiger charge is 2.05. The second-order valence-electron chi connectivity index (χ2n) is 4.31. The molecule has 7 heteroatoms. The van der Waals surface area contributed by atoms with Crippen LogP contribution in [0.5, 0.6) is 5.75 Å². The van der Waals surface area contributed by atoms with Crippen molar-refractivity contribution in [2.75, 3.05) is 18.5 Å². The number of carbonyl (C=O) groups is 1. The van der Waals surface area contributed by atoms with Gasteiger partial charge in [-0.2, -0.15) is 0 Å². The Morgan fingerprint density at radius 3 is 2.36 bits per heavy atom. The van der Waals surface area contributed by atoms with Crippen LogP contribution < -0.4 is 15.4 Å². The average Bonchev–Trinajstić information content (AvgIpc) is 2.48. The highest BCUT2D eigenvalue weighted by Crippen LogP contribution is 2.25. The Morgan fingerprint density at radius 2 is 1.68 bits per heavy atom. The summed E-state index contributed by atoms with van der Waals surface area (Å²) in [6.45, 7) is 0.684. The lowest BCUT2D eigenvalue weighted by Crippen LogP contribution is -2.32. The third-order valence-electron chi connectivity index (χ3n) is 2.65. The number of ether oxygens (including phenoxy) is 1. The highest BCUT2D eigenvalue weighted by molar-refractivity contribution is 6.36. The first-order valence-electron chi connectivity index (χ1n) is 6.43. The van der Waals surface area contributed by atoms with Crippen molar-refractivity contribution < 1.29 is 9.53 Å².